The molecule has 1 amide bonds. The molecule has 0 saturated carbocycles. The maximum absolute atomic E-state index is 12.4. The SMILES string of the molecule is Cc1noc(C2CCCN(C(=O)C=Cc3cccc(Cl)c3Cl)C2)n1. The van der Waals surface area contributed by atoms with Crippen molar-refractivity contribution in [1.82, 2.24) is 15.0 Å². The Bertz CT molecular complexity index is 773. The number of hydrogen-bond donors (Lipinski definition) is 0. The van der Waals surface area contributed by atoms with Gasteiger partial charge in [-0.3, -0.25) is 4.79 Å². The topological polar surface area (TPSA) is 59.2 Å². The van der Waals surface area contributed by atoms with E-state index in [2.05, 4.69) is 10.1 Å². The molecule has 0 radical (unpaired) electrons. The van der Waals surface area contributed by atoms with Gasteiger partial charge in [0.2, 0.25) is 11.8 Å². The fourth-order valence-corrected chi connectivity index (χ4v) is 3.14. The molecule has 1 aliphatic rings. The van der Waals surface area contributed by atoms with Gasteiger partial charge in [0.05, 0.1) is 16.0 Å². The summed E-state index contributed by atoms with van der Waals surface area (Å²) in [5, 5.41) is 4.74. The van der Waals surface area contributed by atoms with Crippen LogP contribution in [0.3, 0.4) is 0 Å². The van der Waals surface area contributed by atoms with E-state index in [1.165, 1.54) is 6.08 Å². The van der Waals surface area contributed by atoms with E-state index in [0.29, 0.717) is 28.3 Å². The summed E-state index contributed by atoms with van der Waals surface area (Å²) in [7, 11) is 0. The van der Waals surface area contributed by atoms with Gasteiger partial charge in [-0.05, 0) is 37.5 Å². The number of piperidine rings is 1. The van der Waals surface area contributed by atoms with E-state index in [-0.39, 0.29) is 11.8 Å². The second kappa shape index (κ2) is 7.36. The third kappa shape index (κ3) is 3.79. The van der Waals surface area contributed by atoms with Crippen LogP contribution in [0.25, 0.3) is 6.08 Å². The number of likely N-dealkylation sites (tertiary alicyclic amines) is 1. The van der Waals surface area contributed by atoms with Gasteiger partial charge < -0.3 is 9.42 Å². The van der Waals surface area contributed by atoms with E-state index in [1.54, 1.807) is 30.0 Å². The number of amides is 1. The van der Waals surface area contributed by atoms with Gasteiger partial charge in [0.1, 0.15) is 0 Å². The third-order valence-electron chi connectivity index (χ3n) is 4.01. The molecule has 2 heterocycles. The molecule has 3 rings (SSSR count). The summed E-state index contributed by atoms with van der Waals surface area (Å²) in [5.41, 5.74) is 0.721. The van der Waals surface area contributed by atoms with Gasteiger partial charge in [-0.2, -0.15) is 4.98 Å². The molecule has 2 aromatic rings. The van der Waals surface area contributed by atoms with Gasteiger partial charge in [0.15, 0.2) is 5.82 Å². The van der Waals surface area contributed by atoms with E-state index in [9.17, 15) is 4.79 Å². The average Bonchev–Trinajstić information content (AvgIpc) is 3.02. The van der Waals surface area contributed by atoms with Crippen molar-refractivity contribution in [3.8, 4) is 0 Å². The zero-order valence-electron chi connectivity index (χ0n) is 13.2. The molecule has 1 aliphatic heterocycles. The average molecular weight is 366 g/mol. The fourth-order valence-electron chi connectivity index (χ4n) is 2.77. The van der Waals surface area contributed by atoms with Crippen LogP contribution in [0.15, 0.2) is 28.8 Å². The minimum Gasteiger partial charge on any atom is -0.339 e. The third-order valence-corrected chi connectivity index (χ3v) is 4.85. The second-order valence-corrected chi connectivity index (χ2v) is 6.56. The zero-order valence-corrected chi connectivity index (χ0v) is 14.7. The van der Waals surface area contributed by atoms with Crippen molar-refractivity contribution >= 4 is 35.2 Å². The maximum Gasteiger partial charge on any atom is 0.246 e. The predicted molar refractivity (Wildman–Crippen MR) is 93.1 cm³/mol. The van der Waals surface area contributed by atoms with E-state index >= 15 is 0 Å². The normalized spacial score (nSPS) is 18.3. The number of hydrogen-bond acceptors (Lipinski definition) is 4. The zero-order chi connectivity index (χ0) is 17.1. The molecule has 0 bridgehead atoms. The summed E-state index contributed by atoms with van der Waals surface area (Å²) in [6, 6.07) is 5.33. The summed E-state index contributed by atoms with van der Waals surface area (Å²) in [4.78, 5) is 18.5. The Hall–Kier alpha value is -1.85. The number of aryl methyl sites for hydroxylation is 1. The molecule has 5 nitrogen and oxygen atoms in total. The molecule has 1 aromatic heterocycles. The van der Waals surface area contributed by atoms with Crippen molar-refractivity contribution in [3.63, 3.8) is 0 Å². The van der Waals surface area contributed by atoms with Gasteiger partial charge in [0, 0.05) is 19.2 Å². The lowest BCUT2D eigenvalue weighted by Crippen LogP contribution is -2.38. The number of carbonyl (C=O) groups is 1. The van der Waals surface area contributed by atoms with Crippen LogP contribution in [0.2, 0.25) is 10.0 Å². The molecule has 1 aromatic carbocycles. The number of carbonyl (C=O) groups excluding carboxylic acids is 1. The summed E-state index contributed by atoms with van der Waals surface area (Å²) in [5.74, 6) is 1.25. The Morgan fingerprint density at radius 2 is 2.25 bits per heavy atom. The summed E-state index contributed by atoms with van der Waals surface area (Å²) in [6.45, 7) is 3.08. The largest absolute Gasteiger partial charge is 0.339 e. The lowest BCUT2D eigenvalue weighted by Gasteiger charge is -2.30. The Labute approximate surface area is 150 Å². The first-order valence-corrected chi connectivity index (χ1v) is 8.51. The van der Waals surface area contributed by atoms with Crippen LogP contribution in [0.1, 0.15) is 36.0 Å². The summed E-state index contributed by atoms with van der Waals surface area (Å²) in [6.07, 6.45) is 5.06. The lowest BCUT2D eigenvalue weighted by atomic mass is 9.98. The predicted octanol–water partition coefficient (Wildman–Crippen LogP) is 4.10. The highest BCUT2D eigenvalue weighted by molar-refractivity contribution is 6.42. The minimum absolute atomic E-state index is 0.0630. The van der Waals surface area contributed by atoms with Crippen LogP contribution in [0, 0.1) is 6.92 Å². The molecular formula is C17H17Cl2N3O2. The van der Waals surface area contributed by atoms with Gasteiger partial charge in [-0.15, -0.1) is 0 Å². The number of rotatable bonds is 3. The minimum atomic E-state index is -0.0630. The summed E-state index contributed by atoms with van der Waals surface area (Å²) < 4.78 is 5.24. The molecule has 1 unspecified atom stereocenters. The molecular weight excluding hydrogens is 349 g/mol. The number of nitrogens with zero attached hydrogens (tertiary/aromatic N) is 3. The van der Waals surface area contributed by atoms with Gasteiger partial charge in [-0.25, -0.2) is 0 Å². The van der Waals surface area contributed by atoms with Crippen LogP contribution in [0.5, 0.6) is 0 Å². The summed E-state index contributed by atoms with van der Waals surface area (Å²) >= 11 is 12.1. The van der Waals surface area contributed by atoms with Gasteiger partial charge >= 0.3 is 0 Å². The highest BCUT2D eigenvalue weighted by Gasteiger charge is 2.27. The molecule has 0 spiro atoms. The Balaban J connectivity index is 1.68. The molecule has 0 N–H and O–H groups in total. The van der Waals surface area contributed by atoms with E-state index in [0.717, 1.165) is 24.9 Å². The van der Waals surface area contributed by atoms with Crippen molar-refractivity contribution in [2.45, 2.75) is 25.7 Å². The maximum atomic E-state index is 12.4. The first-order chi connectivity index (χ1) is 11.5. The van der Waals surface area contributed by atoms with Crippen LogP contribution in [0.4, 0.5) is 0 Å². The quantitative estimate of drug-likeness (QED) is 0.768. The van der Waals surface area contributed by atoms with Gasteiger partial charge in [0.25, 0.3) is 0 Å². The Kier molecular flexibility index (Phi) is 5.21. The van der Waals surface area contributed by atoms with E-state index in [1.807, 2.05) is 6.07 Å². The van der Waals surface area contributed by atoms with Crippen LogP contribution in [-0.4, -0.2) is 34.0 Å². The highest BCUT2D eigenvalue weighted by Crippen LogP contribution is 2.28. The number of aromatic nitrogens is 2. The monoisotopic (exact) mass is 365 g/mol. The fraction of sp³-hybridized carbons (Fsp3) is 0.353. The molecule has 24 heavy (non-hydrogen) atoms. The molecule has 1 saturated heterocycles. The molecule has 1 fully saturated rings. The number of halogens is 2. The van der Waals surface area contributed by atoms with Crippen LogP contribution in [-0.2, 0) is 4.79 Å². The number of benzene rings is 1. The Morgan fingerprint density at radius 3 is 3.00 bits per heavy atom. The molecule has 1 atom stereocenters. The first kappa shape index (κ1) is 17.0. The van der Waals surface area contributed by atoms with Crippen molar-refractivity contribution in [3.05, 3.63) is 51.6 Å². The molecule has 0 aliphatic carbocycles. The van der Waals surface area contributed by atoms with Crippen molar-refractivity contribution in [2.75, 3.05) is 13.1 Å². The van der Waals surface area contributed by atoms with Crippen LogP contribution < -0.4 is 0 Å². The van der Waals surface area contributed by atoms with E-state index < -0.39 is 0 Å². The molecule has 126 valence electrons. The second-order valence-electron chi connectivity index (χ2n) is 5.78. The van der Waals surface area contributed by atoms with Crippen molar-refractivity contribution < 1.29 is 9.32 Å². The standard InChI is InChI=1S/C17H17Cl2N3O2/c1-11-20-17(24-21-11)13-5-3-9-22(10-13)15(23)8-7-12-4-2-6-14(18)16(12)19/h2,4,6-8,13H,3,5,9-10H2,1H3. The molecule has 7 heteroatoms. The van der Waals surface area contributed by atoms with Crippen LogP contribution >= 0.6 is 23.2 Å². The Morgan fingerprint density at radius 1 is 1.42 bits per heavy atom. The smallest absolute Gasteiger partial charge is 0.246 e. The first-order valence-electron chi connectivity index (χ1n) is 7.76. The van der Waals surface area contributed by atoms with Gasteiger partial charge in [-0.1, -0.05) is 40.5 Å². The lowest BCUT2D eigenvalue weighted by molar-refractivity contribution is -0.127. The highest BCUT2D eigenvalue weighted by atomic mass is 35.5. The van der Waals surface area contributed by atoms with Crippen molar-refractivity contribution in [1.29, 1.82) is 0 Å². The van der Waals surface area contributed by atoms with E-state index in [4.69, 9.17) is 27.7 Å². The van der Waals surface area contributed by atoms with Crippen molar-refractivity contribution in [2.24, 2.45) is 0 Å².